The molecular formula is C15H15BrClNO2S. The molecule has 112 valence electrons. The van der Waals surface area contributed by atoms with Gasteiger partial charge < -0.3 is 4.74 Å². The molecule has 2 aromatic rings. The molecule has 0 bridgehead atoms. The molecule has 21 heavy (non-hydrogen) atoms. The van der Waals surface area contributed by atoms with Gasteiger partial charge in [-0.3, -0.25) is 5.32 Å². The number of rotatable bonds is 6. The van der Waals surface area contributed by atoms with Crippen LogP contribution in [0.4, 0.5) is 0 Å². The van der Waals surface area contributed by atoms with Gasteiger partial charge >= 0.3 is 5.97 Å². The Morgan fingerprint density at radius 2 is 2.29 bits per heavy atom. The van der Waals surface area contributed by atoms with E-state index in [1.54, 1.807) is 30.4 Å². The molecule has 0 fully saturated rings. The average molecular weight is 389 g/mol. The minimum absolute atomic E-state index is 0.308. The van der Waals surface area contributed by atoms with Crippen LogP contribution >= 0.6 is 38.9 Å². The maximum absolute atomic E-state index is 12.2. The molecule has 2 rings (SSSR count). The minimum Gasteiger partial charge on any atom is -0.465 e. The Kier molecular flexibility index (Phi) is 6.23. The zero-order chi connectivity index (χ0) is 15.2. The Hall–Kier alpha value is -0.880. The molecule has 0 aliphatic heterocycles. The van der Waals surface area contributed by atoms with E-state index in [1.807, 2.05) is 23.6 Å². The van der Waals surface area contributed by atoms with Crippen molar-refractivity contribution >= 4 is 44.8 Å². The maximum Gasteiger partial charge on any atom is 0.327 e. The summed E-state index contributed by atoms with van der Waals surface area (Å²) in [6.07, 6.45) is 0. The summed E-state index contributed by atoms with van der Waals surface area (Å²) >= 11 is 11.1. The van der Waals surface area contributed by atoms with Gasteiger partial charge in [-0.2, -0.15) is 0 Å². The lowest BCUT2D eigenvalue weighted by molar-refractivity contribution is -0.145. The van der Waals surface area contributed by atoms with E-state index in [0.717, 1.165) is 14.9 Å². The van der Waals surface area contributed by atoms with E-state index in [0.29, 0.717) is 18.2 Å². The zero-order valence-electron chi connectivity index (χ0n) is 11.4. The van der Waals surface area contributed by atoms with Crippen molar-refractivity contribution in [3.05, 3.63) is 55.6 Å². The van der Waals surface area contributed by atoms with E-state index in [1.165, 1.54) is 0 Å². The Labute approximate surface area is 141 Å². The summed E-state index contributed by atoms with van der Waals surface area (Å²) in [5.74, 6) is -0.308. The molecule has 0 amide bonds. The van der Waals surface area contributed by atoms with Crippen LogP contribution in [0.5, 0.6) is 0 Å². The highest BCUT2D eigenvalue weighted by atomic mass is 79.9. The van der Waals surface area contributed by atoms with E-state index < -0.39 is 6.04 Å². The first-order valence-electron chi connectivity index (χ1n) is 6.49. The van der Waals surface area contributed by atoms with Crippen molar-refractivity contribution in [1.82, 2.24) is 5.32 Å². The highest BCUT2D eigenvalue weighted by Crippen LogP contribution is 2.28. The fraction of sp³-hybridized carbons (Fsp3) is 0.267. The van der Waals surface area contributed by atoms with E-state index in [-0.39, 0.29) is 5.97 Å². The molecule has 1 aromatic heterocycles. The standard InChI is InChI=1S/C15H15BrClNO2S/c1-2-20-15(19)14(18-9-11-4-3-7-21-11)12-8-10(17)5-6-13(12)16/h3-8,14,18H,2,9H2,1H3. The Bertz CT molecular complexity index is 604. The van der Waals surface area contributed by atoms with Gasteiger partial charge in [-0.25, -0.2) is 4.79 Å². The summed E-state index contributed by atoms with van der Waals surface area (Å²) in [6.45, 7) is 2.73. The Balaban J connectivity index is 2.22. The Morgan fingerprint density at radius 3 is 2.95 bits per heavy atom. The number of halogens is 2. The second-order valence-corrected chi connectivity index (χ2v) is 6.63. The van der Waals surface area contributed by atoms with Gasteiger partial charge in [-0.1, -0.05) is 33.6 Å². The molecule has 0 saturated carbocycles. The first kappa shape index (κ1) is 16.5. The number of hydrogen-bond donors (Lipinski definition) is 1. The van der Waals surface area contributed by atoms with E-state index in [2.05, 4.69) is 21.2 Å². The smallest absolute Gasteiger partial charge is 0.327 e. The van der Waals surface area contributed by atoms with Crippen LogP contribution in [0.3, 0.4) is 0 Å². The van der Waals surface area contributed by atoms with Crippen molar-refractivity contribution in [2.45, 2.75) is 19.5 Å². The summed E-state index contributed by atoms with van der Waals surface area (Å²) in [5, 5.41) is 5.83. The van der Waals surface area contributed by atoms with Crippen LogP contribution in [0.15, 0.2) is 40.2 Å². The number of hydrogen-bond acceptors (Lipinski definition) is 4. The van der Waals surface area contributed by atoms with Gasteiger partial charge in [-0.15, -0.1) is 11.3 Å². The van der Waals surface area contributed by atoms with E-state index in [4.69, 9.17) is 16.3 Å². The van der Waals surface area contributed by atoms with Crippen molar-refractivity contribution < 1.29 is 9.53 Å². The molecule has 0 aliphatic carbocycles. The number of benzene rings is 1. The summed E-state index contributed by atoms with van der Waals surface area (Å²) in [4.78, 5) is 13.4. The summed E-state index contributed by atoms with van der Waals surface area (Å²) in [7, 11) is 0. The van der Waals surface area contributed by atoms with Crippen LogP contribution in [-0.4, -0.2) is 12.6 Å². The number of esters is 1. The van der Waals surface area contributed by atoms with Gasteiger partial charge in [0.05, 0.1) is 6.61 Å². The molecule has 0 aliphatic rings. The SMILES string of the molecule is CCOC(=O)C(NCc1cccs1)c1cc(Cl)ccc1Br. The van der Waals surface area contributed by atoms with Crippen LogP contribution in [0, 0.1) is 0 Å². The van der Waals surface area contributed by atoms with Crippen LogP contribution in [0.2, 0.25) is 5.02 Å². The molecule has 3 nitrogen and oxygen atoms in total. The summed E-state index contributed by atoms with van der Waals surface area (Å²) in [6, 6.07) is 8.82. The number of thiophene rings is 1. The third-order valence-electron chi connectivity index (χ3n) is 2.85. The fourth-order valence-corrected chi connectivity index (χ4v) is 3.21. The maximum atomic E-state index is 12.2. The third kappa shape index (κ3) is 4.54. The lowest BCUT2D eigenvalue weighted by Crippen LogP contribution is -2.30. The third-order valence-corrected chi connectivity index (χ3v) is 4.69. The molecule has 0 radical (unpaired) electrons. The lowest BCUT2D eigenvalue weighted by Gasteiger charge is -2.19. The summed E-state index contributed by atoms with van der Waals surface area (Å²) in [5.41, 5.74) is 0.775. The number of ether oxygens (including phenoxy) is 1. The number of carbonyl (C=O) groups excluding carboxylic acids is 1. The second-order valence-electron chi connectivity index (χ2n) is 4.31. The van der Waals surface area contributed by atoms with Crippen molar-refractivity contribution in [2.75, 3.05) is 6.61 Å². The molecule has 1 heterocycles. The molecular weight excluding hydrogens is 374 g/mol. The Morgan fingerprint density at radius 1 is 1.48 bits per heavy atom. The van der Waals surface area contributed by atoms with Crippen LogP contribution in [0.25, 0.3) is 0 Å². The monoisotopic (exact) mass is 387 g/mol. The predicted molar refractivity (Wildman–Crippen MR) is 89.7 cm³/mol. The largest absolute Gasteiger partial charge is 0.465 e. The van der Waals surface area contributed by atoms with Gasteiger partial charge in [0.15, 0.2) is 0 Å². The normalized spacial score (nSPS) is 12.1. The molecule has 1 aromatic carbocycles. The lowest BCUT2D eigenvalue weighted by atomic mass is 10.1. The zero-order valence-corrected chi connectivity index (χ0v) is 14.6. The van der Waals surface area contributed by atoms with Crippen molar-refractivity contribution in [2.24, 2.45) is 0 Å². The molecule has 0 saturated heterocycles. The first-order valence-corrected chi connectivity index (χ1v) is 8.54. The highest BCUT2D eigenvalue weighted by molar-refractivity contribution is 9.10. The fourth-order valence-electron chi connectivity index (χ4n) is 1.90. The molecule has 1 N–H and O–H groups in total. The van der Waals surface area contributed by atoms with Gasteiger partial charge in [-0.05, 0) is 42.1 Å². The van der Waals surface area contributed by atoms with Gasteiger partial charge in [0, 0.05) is 20.9 Å². The summed E-state index contributed by atoms with van der Waals surface area (Å²) < 4.78 is 5.98. The number of nitrogens with one attached hydrogen (secondary N) is 1. The topological polar surface area (TPSA) is 38.3 Å². The van der Waals surface area contributed by atoms with Crippen LogP contribution in [-0.2, 0) is 16.1 Å². The molecule has 1 unspecified atom stereocenters. The van der Waals surface area contributed by atoms with Crippen molar-refractivity contribution in [1.29, 1.82) is 0 Å². The molecule has 6 heteroatoms. The molecule has 1 atom stereocenters. The average Bonchev–Trinajstić information content (AvgIpc) is 2.96. The quantitative estimate of drug-likeness (QED) is 0.737. The highest BCUT2D eigenvalue weighted by Gasteiger charge is 2.24. The first-order chi connectivity index (χ1) is 10.1. The van der Waals surface area contributed by atoms with E-state index in [9.17, 15) is 4.79 Å². The van der Waals surface area contributed by atoms with Crippen molar-refractivity contribution in [3.8, 4) is 0 Å². The van der Waals surface area contributed by atoms with E-state index >= 15 is 0 Å². The minimum atomic E-state index is -0.555. The number of carbonyl (C=O) groups is 1. The van der Waals surface area contributed by atoms with Crippen LogP contribution in [0.1, 0.15) is 23.4 Å². The van der Waals surface area contributed by atoms with Gasteiger partial charge in [0.2, 0.25) is 0 Å². The van der Waals surface area contributed by atoms with Crippen molar-refractivity contribution in [3.63, 3.8) is 0 Å². The van der Waals surface area contributed by atoms with Gasteiger partial charge in [0.25, 0.3) is 0 Å². The predicted octanol–water partition coefficient (Wildman–Crippen LogP) is 4.56. The van der Waals surface area contributed by atoms with Crippen LogP contribution < -0.4 is 5.32 Å². The second kappa shape index (κ2) is 7.94. The van der Waals surface area contributed by atoms with Gasteiger partial charge in [0.1, 0.15) is 6.04 Å². The molecule has 0 spiro atoms.